The summed E-state index contributed by atoms with van der Waals surface area (Å²) in [4.78, 5) is 0. The highest BCUT2D eigenvalue weighted by molar-refractivity contribution is 4.99. The van der Waals surface area contributed by atoms with Crippen molar-refractivity contribution < 1.29 is 0 Å². The molecule has 0 aromatic carbocycles. The van der Waals surface area contributed by atoms with Crippen molar-refractivity contribution in [2.24, 2.45) is 5.41 Å². The van der Waals surface area contributed by atoms with Gasteiger partial charge in [-0.3, -0.25) is 0 Å². The van der Waals surface area contributed by atoms with Crippen LogP contribution < -0.4 is 10.6 Å². The second kappa shape index (κ2) is 3.35. The molecule has 2 rings (SSSR count). The SMILES string of the molecule is CCNC1CC2(CCNCC2)C1. The summed E-state index contributed by atoms with van der Waals surface area (Å²) >= 11 is 0. The molecule has 2 fully saturated rings. The van der Waals surface area contributed by atoms with Crippen LogP contribution in [0.15, 0.2) is 0 Å². The van der Waals surface area contributed by atoms with Gasteiger partial charge in [0.2, 0.25) is 0 Å². The summed E-state index contributed by atoms with van der Waals surface area (Å²) in [6.07, 6.45) is 5.69. The summed E-state index contributed by atoms with van der Waals surface area (Å²) in [5.41, 5.74) is 0.748. The summed E-state index contributed by atoms with van der Waals surface area (Å²) < 4.78 is 0. The monoisotopic (exact) mass is 168 g/mol. The van der Waals surface area contributed by atoms with E-state index in [1.54, 1.807) is 0 Å². The molecule has 0 bridgehead atoms. The van der Waals surface area contributed by atoms with Crippen molar-refractivity contribution in [3.63, 3.8) is 0 Å². The van der Waals surface area contributed by atoms with Crippen molar-refractivity contribution in [1.82, 2.24) is 10.6 Å². The second-order valence-electron chi connectivity index (χ2n) is 4.41. The molecule has 1 aliphatic carbocycles. The summed E-state index contributed by atoms with van der Waals surface area (Å²) in [7, 11) is 0. The maximum Gasteiger partial charge on any atom is 0.00775 e. The highest BCUT2D eigenvalue weighted by atomic mass is 15.0. The van der Waals surface area contributed by atoms with Gasteiger partial charge < -0.3 is 10.6 Å². The topological polar surface area (TPSA) is 24.1 Å². The Hall–Kier alpha value is -0.0800. The lowest BCUT2D eigenvalue weighted by atomic mass is 9.60. The summed E-state index contributed by atoms with van der Waals surface area (Å²) in [6.45, 7) is 5.84. The molecule has 0 aromatic heterocycles. The first kappa shape index (κ1) is 8.52. The van der Waals surface area contributed by atoms with E-state index in [-0.39, 0.29) is 0 Å². The third-order valence-electron chi connectivity index (χ3n) is 3.52. The van der Waals surface area contributed by atoms with E-state index < -0.39 is 0 Å². The number of hydrogen-bond donors (Lipinski definition) is 2. The van der Waals surface area contributed by atoms with E-state index in [0.717, 1.165) is 18.0 Å². The molecule has 0 unspecified atom stereocenters. The van der Waals surface area contributed by atoms with E-state index >= 15 is 0 Å². The van der Waals surface area contributed by atoms with Gasteiger partial charge in [0.1, 0.15) is 0 Å². The normalized spacial score (nSPS) is 28.8. The van der Waals surface area contributed by atoms with Crippen molar-refractivity contribution in [3.8, 4) is 0 Å². The average Bonchev–Trinajstić information content (AvgIpc) is 2.04. The molecule has 2 nitrogen and oxygen atoms in total. The molecule has 0 atom stereocenters. The summed E-state index contributed by atoms with van der Waals surface area (Å²) in [5.74, 6) is 0. The van der Waals surface area contributed by atoms with Crippen LogP contribution in [-0.4, -0.2) is 25.7 Å². The molecule has 0 radical (unpaired) electrons. The van der Waals surface area contributed by atoms with Crippen LogP contribution in [0.2, 0.25) is 0 Å². The van der Waals surface area contributed by atoms with Gasteiger partial charge in [-0.1, -0.05) is 6.92 Å². The molecule has 1 heterocycles. The lowest BCUT2D eigenvalue weighted by molar-refractivity contribution is 0.0469. The highest BCUT2D eigenvalue weighted by Gasteiger charge is 2.43. The summed E-state index contributed by atoms with van der Waals surface area (Å²) in [6, 6.07) is 0.841. The molecule has 2 N–H and O–H groups in total. The molecular formula is C10H20N2. The van der Waals surface area contributed by atoms with Gasteiger partial charge in [-0.2, -0.15) is 0 Å². The predicted molar refractivity (Wildman–Crippen MR) is 51.2 cm³/mol. The van der Waals surface area contributed by atoms with Crippen LogP contribution in [0.3, 0.4) is 0 Å². The van der Waals surface area contributed by atoms with Gasteiger partial charge in [-0.05, 0) is 50.7 Å². The van der Waals surface area contributed by atoms with Gasteiger partial charge in [0.05, 0.1) is 0 Å². The Bertz CT molecular complexity index is 142. The average molecular weight is 168 g/mol. The number of piperidine rings is 1. The first-order valence-electron chi connectivity index (χ1n) is 5.29. The zero-order valence-corrected chi connectivity index (χ0v) is 8.03. The van der Waals surface area contributed by atoms with E-state index in [2.05, 4.69) is 17.6 Å². The van der Waals surface area contributed by atoms with Gasteiger partial charge in [-0.25, -0.2) is 0 Å². The van der Waals surface area contributed by atoms with Gasteiger partial charge in [0.15, 0.2) is 0 Å². The smallest absolute Gasteiger partial charge is 0.00775 e. The summed E-state index contributed by atoms with van der Waals surface area (Å²) in [5, 5.41) is 6.97. The van der Waals surface area contributed by atoms with Crippen LogP contribution in [0.25, 0.3) is 0 Å². The molecule has 70 valence electrons. The number of hydrogen-bond acceptors (Lipinski definition) is 2. The zero-order valence-electron chi connectivity index (χ0n) is 8.03. The molecule has 1 saturated heterocycles. The first-order chi connectivity index (χ1) is 5.85. The Morgan fingerprint density at radius 1 is 1.33 bits per heavy atom. The molecule has 2 heteroatoms. The highest BCUT2D eigenvalue weighted by Crippen LogP contribution is 2.47. The van der Waals surface area contributed by atoms with Crippen molar-refractivity contribution in [3.05, 3.63) is 0 Å². The number of nitrogens with one attached hydrogen (secondary N) is 2. The van der Waals surface area contributed by atoms with Crippen molar-refractivity contribution in [2.75, 3.05) is 19.6 Å². The minimum absolute atomic E-state index is 0.748. The van der Waals surface area contributed by atoms with E-state index in [0.29, 0.717) is 0 Å². The fourth-order valence-corrected chi connectivity index (χ4v) is 2.78. The van der Waals surface area contributed by atoms with Gasteiger partial charge >= 0.3 is 0 Å². The largest absolute Gasteiger partial charge is 0.317 e. The molecular weight excluding hydrogens is 148 g/mol. The Balaban J connectivity index is 1.77. The molecule has 1 aliphatic heterocycles. The zero-order chi connectivity index (χ0) is 8.44. The maximum atomic E-state index is 3.53. The third kappa shape index (κ3) is 1.50. The van der Waals surface area contributed by atoms with Crippen molar-refractivity contribution in [2.45, 2.75) is 38.6 Å². The second-order valence-corrected chi connectivity index (χ2v) is 4.41. The van der Waals surface area contributed by atoms with Gasteiger partial charge in [-0.15, -0.1) is 0 Å². The fraction of sp³-hybridized carbons (Fsp3) is 1.00. The van der Waals surface area contributed by atoms with Gasteiger partial charge in [0.25, 0.3) is 0 Å². The van der Waals surface area contributed by atoms with E-state index in [1.807, 2.05) is 0 Å². The Morgan fingerprint density at radius 3 is 2.58 bits per heavy atom. The van der Waals surface area contributed by atoms with Crippen molar-refractivity contribution in [1.29, 1.82) is 0 Å². The molecule has 12 heavy (non-hydrogen) atoms. The van der Waals surface area contributed by atoms with Crippen LogP contribution >= 0.6 is 0 Å². The van der Waals surface area contributed by atoms with Crippen LogP contribution in [0, 0.1) is 5.41 Å². The molecule has 0 aromatic rings. The van der Waals surface area contributed by atoms with Crippen LogP contribution in [0.4, 0.5) is 0 Å². The minimum atomic E-state index is 0.748. The predicted octanol–water partition coefficient (Wildman–Crippen LogP) is 1.13. The first-order valence-corrected chi connectivity index (χ1v) is 5.29. The Morgan fingerprint density at radius 2 is 2.00 bits per heavy atom. The molecule has 1 saturated carbocycles. The molecule has 1 spiro atoms. The van der Waals surface area contributed by atoms with Crippen molar-refractivity contribution >= 4 is 0 Å². The fourth-order valence-electron chi connectivity index (χ4n) is 2.78. The van der Waals surface area contributed by atoms with Gasteiger partial charge in [0, 0.05) is 6.04 Å². The Labute approximate surface area is 75.1 Å². The van der Waals surface area contributed by atoms with Crippen LogP contribution in [0.1, 0.15) is 32.6 Å². The minimum Gasteiger partial charge on any atom is -0.317 e. The van der Waals surface area contributed by atoms with E-state index in [9.17, 15) is 0 Å². The Kier molecular flexibility index (Phi) is 2.37. The van der Waals surface area contributed by atoms with Crippen LogP contribution in [-0.2, 0) is 0 Å². The third-order valence-corrected chi connectivity index (χ3v) is 3.52. The lowest BCUT2D eigenvalue weighted by Crippen LogP contribution is -2.52. The van der Waals surface area contributed by atoms with Crippen LogP contribution in [0.5, 0.6) is 0 Å². The van der Waals surface area contributed by atoms with E-state index in [4.69, 9.17) is 0 Å². The number of rotatable bonds is 2. The quantitative estimate of drug-likeness (QED) is 0.646. The molecule has 0 amide bonds. The molecule has 2 aliphatic rings. The standard InChI is InChI=1S/C10H20N2/c1-2-12-9-7-10(8-9)3-5-11-6-4-10/h9,11-12H,2-8H2,1H3. The van der Waals surface area contributed by atoms with E-state index in [1.165, 1.54) is 38.8 Å². The lowest BCUT2D eigenvalue weighted by Gasteiger charge is -2.50. The maximum absolute atomic E-state index is 3.53.